The van der Waals surface area contributed by atoms with Gasteiger partial charge in [0.25, 0.3) is 5.91 Å². The van der Waals surface area contributed by atoms with Gasteiger partial charge in [-0.05, 0) is 54.8 Å². The van der Waals surface area contributed by atoms with Gasteiger partial charge in [0.15, 0.2) is 11.5 Å². The van der Waals surface area contributed by atoms with Crippen molar-refractivity contribution in [1.82, 2.24) is 5.32 Å². The standard InChI is InChI=1S/C22H23ClN2O3/c1-4-15(2)25-22(26)18(13-24)11-17-7-10-20(21(12-17)27-3)28-14-16-5-8-19(23)9-6-16/h5-12,15H,4,14H2,1-3H3,(H,25,26)/b18-11+/t15-/m0/s1. The second-order valence-corrected chi connectivity index (χ2v) is 6.71. The fourth-order valence-corrected chi connectivity index (χ4v) is 2.48. The van der Waals surface area contributed by atoms with Crippen LogP contribution in [0.1, 0.15) is 31.4 Å². The first-order valence-corrected chi connectivity index (χ1v) is 9.32. The molecule has 2 rings (SSSR count). The molecule has 6 heteroatoms. The van der Waals surface area contributed by atoms with Crippen LogP contribution in [0.2, 0.25) is 5.02 Å². The normalized spacial score (nSPS) is 12.0. The molecule has 0 heterocycles. The summed E-state index contributed by atoms with van der Waals surface area (Å²) in [7, 11) is 1.54. The van der Waals surface area contributed by atoms with Crippen LogP contribution < -0.4 is 14.8 Å². The summed E-state index contributed by atoms with van der Waals surface area (Å²) in [4.78, 5) is 12.2. The third-order valence-electron chi connectivity index (χ3n) is 4.16. The quantitative estimate of drug-likeness (QED) is 0.514. The Labute approximate surface area is 170 Å². The molecule has 1 amide bonds. The van der Waals surface area contributed by atoms with Gasteiger partial charge in [0.05, 0.1) is 7.11 Å². The van der Waals surface area contributed by atoms with Crippen molar-refractivity contribution >= 4 is 23.6 Å². The molecule has 0 aliphatic heterocycles. The van der Waals surface area contributed by atoms with Crippen molar-refractivity contribution in [3.05, 3.63) is 64.2 Å². The average molecular weight is 399 g/mol. The molecule has 0 aromatic heterocycles. The first-order valence-electron chi connectivity index (χ1n) is 8.94. The summed E-state index contributed by atoms with van der Waals surface area (Å²) in [6.45, 7) is 4.22. The summed E-state index contributed by atoms with van der Waals surface area (Å²) in [5, 5.41) is 12.8. The lowest BCUT2D eigenvalue weighted by molar-refractivity contribution is -0.117. The fraction of sp³-hybridized carbons (Fsp3) is 0.273. The minimum Gasteiger partial charge on any atom is -0.493 e. The SMILES string of the molecule is CC[C@H](C)NC(=O)/C(C#N)=C/c1ccc(OCc2ccc(Cl)cc2)c(OC)c1. The van der Waals surface area contributed by atoms with Gasteiger partial charge < -0.3 is 14.8 Å². The smallest absolute Gasteiger partial charge is 0.262 e. The lowest BCUT2D eigenvalue weighted by Gasteiger charge is -2.12. The zero-order chi connectivity index (χ0) is 20.5. The first-order chi connectivity index (χ1) is 13.5. The molecule has 28 heavy (non-hydrogen) atoms. The third-order valence-corrected chi connectivity index (χ3v) is 4.41. The Kier molecular flexibility index (Phi) is 7.91. The van der Waals surface area contributed by atoms with Crippen LogP contribution in [-0.4, -0.2) is 19.1 Å². The van der Waals surface area contributed by atoms with Crippen molar-refractivity contribution < 1.29 is 14.3 Å². The highest BCUT2D eigenvalue weighted by molar-refractivity contribution is 6.30. The Morgan fingerprint density at radius 1 is 1.25 bits per heavy atom. The van der Waals surface area contributed by atoms with Crippen LogP contribution in [0, 0.1) is 11.3 Å². The summed E-state index contributed by atoms with van der Waals surface area (Å²) in [6, 6.07) is 14.6. The Morgan fingerprint density at radius 2 is 1.96 bits per heavy atom. The molecular formula is C22H23ClN2O3. The molecule has 0 saturated carbocycles. The average Bonchev–Trinajstić information content (AvgIpc) is 2.71. The summed E-state index contributed by atoms with van der Waals surface area (Å²) < 4.78 is 11.2. The number of hydrogen-bond donors (Lipinski definition) is 1. The van der Waals surface area contributed by atoms with Crippen molar-refractivity contribution in [2.24, 2.45) is 0 Å². The van der Waals surface area contributed by atoms with E-state index in [0.717, 1.165) is 12.0 Å². The molecule has 1 atom stereocenters. The fourth-order valence-electron chi connectivity index (χ4n) is 2.35. The second-order valence-electron chi connectivity index (χ2n) is 6.28. The van der Waals surface area contributed by atoms with E-state index >= 15 is 0 Å². The van der Waals surface area contributed by atoms with Gasteiger partial charge in [0.1, 0.15) is 18.2 Å². The number of amides is 1. The first kappa shape index (κ1) is 21.3. The van der Waals surface area contributed by atoms with E-state index in [4.69, 9.17) is 21.1 Å². The van der Waals surface area contributed by atoms with E-state index in [2.05, 4.69) is 5.32 Å². The van der Waals surface area contributed by atoms with E-state index < -0.39 is 0 Å². The molecule has 1 N–H and O–H groups in total. The van der Waals surface area contributed by atoms with Crippen LogP contribution in [0.5, 0.6) is 11.5 Å². The maximum Gasteiger partial charge on any atom is 0.262 e. The molecule has 0 fully saturated rings. The number of methoxy groups -OCH3 is 1. The predicted molar refractivity (Wildman–Crippen MR) is 110 cm³/mol. The molecule has 0 unspecified atom stereocenters. The van der Waals surface area contributed by atoms with Crippen LogP contribution in [-0.2, 0) is 11.4 Å². The van der Waals surface area contributed by atoms with E-state index in [1.54, 1.807) is 37.4 Å². The molecule has 2 aromatic rings. The number of halogens is 1. The highest BCUT2D eigenvalue weighted by atomic mass is 35.5. The van der Waals surface area contributed by atoms with Crippen LogP contribution in [0.25, 0.3) is 6.08 Å². The Hall–Kier alpha value is -2.97. The van der Waals surface area contributed by atoms with E-state index in [1.165, 1.54) is 6.08 Å². The molecule has 0 radical (unpaired) electrons. The molecule has 146 valence electrons. The third kappa shape index (κ3) is 6.04. The topological polar surface area (TPSA) is 71.4 Å². The Morgan fingerprint density at radius 3 is 2.57 bits per heavy atom. The number of ether oxygens (including phenoxy) is 2. The monoisotopic (exact) mass is 398 g/mol. The van der Waals surface area contributed by atoms with Gasteiger partial charge in [-0.15, -0.1) is 0 Å². The van der Waals surface area contributed by atoms with Crippen LogP contribution in [0.3, 0.4) is 0 Å². The molecule has 5 nitrogen and oxygen atoms in total. The van der Waals surface area contributed by atoms with Gasteiger partial charge >= 0.3 is 0 Å². The number of benzene rings is 2. The lowest BCUT2D eigenvalue weighted by Crippen LogP contribution is -2.32. The number of nitrogens with zero attached hydrogens (tertiary/aromatic N) is 1. The number of hydrogen-bond acceptors (Lipinski definition) is 4. The van der Waals surface area contributed by atoms with Gasteiger partial charge in [-0.2, -0.15) is 5.26 Å². The molecule has 2 aromatic carbocycles. The Balaban J connectivity index is 2.15. The van der Waals surface area contributed by atoms with Gasteiger partial charge in [-0.1, -0.05) is 36.7 Å². The van der Waals surface area contributed by atoms with Crippen molar-refractivity contribution in [2.45, 2.75) is 32.9 Å². The Bertz CT molecular complexity index is 886. The van der Waals surface area contributed by atoms with Gasteiger partial charge in [-0.3, -0.25) is 4.79 Å². The molecule has 0 saturated heterocycles. The van der Waals surface area contributed by atoms with Crippen LogP contribution >= 0.6 is 11.6 Å². The highest BCUT2D eigenvalue weighted by Crippen LogP contribution is 2.29. The van der Waals surface area contributed by atoms with E-state index in [1.807, 2.05) is 32.0 Å². The number of carbonyl (C=O) groups excluding carboxylic acids is 1. The van der Waals surface area contributed by atoms with Gasteiger partial charge in [-0.25, -0.2) is 0 Å². The van der Waals surface area contributed by atoms with Gasteiger partial charge in [0, 0.05) is 11.1 Å². The minimum atomic E-state index is -0.390. The summed E-state index contributed by atoms with van der Waals surface area (Å²) in [6.07, 6.45) is 2.32. The molecule has 0 bridgehead atoms. The van der Waals surface area contributed by atoms with Crippen LogP contribution in [0.15, 0.2) is 48.0 Å². The number of nitrogens with one attached hydrogen (secondary N) is 1. The van der Waals surface area contributed by atoms with Crippen molar-refractivity contribution in [3.63, 3.8) is 0 Å². The van der Waals surface area contributed by atoms with E-state index in [9.17, 15) is 10.1 Å². The van der Waals surface area contributed by atoms with Crippen molar-refractivity contribution in [3.8, 4) is 17.6 Å². The van der Waals surface area contributed by atoms with Crippen molar-refractivity contribution in [2.75, 3.05) is 7.11 Å². The highest BCUT2D eigenvalue weighted by Gasteiger charge is 2.12. The molecule has 0 aliphatic rings. The maximum absolute atomic E-state index is 12.2. The summed E-state index contributed by atoms with van der Waals surface area (Å²) in [5.74, 6) is 0.693. The van der Waals surface area contributed by atoms with E-state index in [-0.39, 0.29) is 17.5 Å². The van der Waals surface area contributed by atoms with Crippen molar-refractivity contribution in [1.29, 1.82) is 5.26 Å². The number of nitriles is 1. The summed E-state index contributed by atoms with van der Waals surface area (Å²) >= 11 is 5.89. The van der Waals surface area contributed by atoms with Gasteiger partial charge in [0.2, 0.25) is 0 Å². The van der Waals surface area contributed by atoms with E-state index in [0.29, 0.717) is 28.7 Å². The summed E-state index contributed by atoms with van der Waals surface area (Å²) in [5.41, 5.74) is 1.69. The molecule has 0 aliphatic carbocycles. The number of carbonyl (C=O) groups is 1. The molecular weight excluding hydrogens is 376 g/mol. The maximum atomic E-state index is 12.2. The minimum absolute atomic E-state index is 0.00225. The largest absolute Gasteiger partial charge is 0.493 e. The molecule has 0 spiro atoms. The predicted octanol–water partition coefficient (Wildman–Crippen LogP) is 4.75. The second kappa shape index (κ2) is 10.4. The zero-order valence-corrected chi connectivity index (χ0v) is 16.9. The number of rotatable bonds is 8. The zero-order valence-electron chi connectivity index (χ0n) is 16.2. The van der Waals surface area contributed by atoms with Crippen LogP contribution in [0.4, 0.5) is 0 Å². The lowest BCUT2D eigenvalue weighted by atomic mass is 10.1.